The highest BCUT2D eigenvalue weighted by molar-refractivity contribution is 4.84. The van der Waals surface area contributed by atoms with Crippen LogP contribution in [0.5, 0.6) is 0 Å². The molecule has 0 radical (unpaired) electrons. The lowest BCUT2D eigenvalue weighted by Crippen LogP contribution is -2.48. The number of hydrogen-bond acceptors (Lipinski definition) is 4. The van der Waals surface area contributed by atoms with Gasteiger partial charge in [-0.05, 0) is 19.3 Å². The molecule has 0 aliphatic carbocycles. The summed E-state index contributed by atoms with van der Waals surface area (Å²) in [4.78, 5) is 0. The van der Waals surface area contributed by atoms with Crippen molar-refractivity contribution in [2.24, 2.45) is 5.73 Å². The fraction of sp³-hybridized carbons (Fsp3) is 1.00. The molecule has 1 rings (SSSR count). The van der Waals surface area contributed by atoms with Gasteiger partial charge in [0.2, 0.25) is 0 Å². The van der Waals surface area contributed by atoms with Gasteiger partial charge in [0, 0.05) is 19.8 Å². The molecule has 0 spiro atoms. The summed E-state index contributed by atoms with van der Waals surface area (Å²) in [5.41, 5.74) is 5.48. The van der Waals surface area contributed by atoms with Crippen LogP contribution in [0.2, 0.25) is 0 Å². The van der Waals surface area contributed by atoms with E-state index in [4.69, 9.17) is 19.9 Å². The average Bonchev–Trinajstić information content (AvgIpc) is 2.30. The molecule has 0 aromatic carbocycles. The zero-order chi connectivity index (χ0) is 11.0. The monoisotopic (exact) mass is 217 g/mol. The Hall–Kier alpha value is -0.160. The van der Waals surface area contributed by atoms with Crippen molar-refractivity contribution in [2.45, 2.75) is 31.8 Å². The quantitative estimate of drug-likeness (QED) is 0.645. The molecule has 1 atom stereocenters. The Labute approximate surface area is 92.1 Å². The molecule has 90 valence electrons. The Morgan fingerprint density at radius 3 is 2.80 bits per heavy atom. The highest BCUT2D eigenvalue weighted by atomic mass is 16.6. The van der Waals surface area contributed by atoms with Crippen LogP contribution in [-0.4, -0.2) is 45.2 Å². The van der Waals surface area contributed by atoms with Crippen molar-refractivity contribution < 1.29 is 14.2 Å². The van der Waals surface area contributed by atoms with Gasteiger partial charge in [-0.15, -0.1) is 0 Å². The maximum absolute atomic E-state index is 5.79. The number of nitrogens with two attached hydrogens (primary N) is 1. The summed E-state index contributed by atoms with van der Waals surface area (Å²) in [6.07, 6.45) is 3.08. The molecule has 4 heteroatoms. The Balaban J connectivity index is 2.15. The SMILES string of the molecule is CCCOCCOC1(CN)CCCOC1. The minimum atomic E-state index is -0.256. The highest BCUT2D eigenvalue weighted by Crippen LogP contribution is 2.22. The van der Waals surface area contributed by atoms with Crippen molar-refractivity contribution in [2.75, 3.05) is 39.6 Å². The number of hydrogen-bond donors (Lipinski definition) is 1. The predicted octanol–water partition coefficient (Wildman–Crippen LogP) is 0.937. The fourth-order valence-electron chi connectivity index (χ4n) is 1.72. The van der Waals surface area contributed by atoms with E-state index < -0.39 is 0 Å². The van der Waals surface area contributed by atoms with E-state index >= 15 is 0 Å². The maximum Gasteiger partial charge on any atom is 0.104 e. The molecule has 15 heavy (non-hydrogen) atoms. The number of rotatable bonds is 7. The molecule has 1 unspecified atom stereocenters. The summed E-state index contributed by atoms with van der Waals surface area (Å²) in [5.74, 6) is 0. The molecule has 2 N–H and O–H groups in total. The van der Waals surface area contributed by atoms with Crippen molar-refractivity contribution >= 4 is 0 Å². The molecule has 1 aliphatic heterocycles. The first-order valence-corrected chi connectivity index (χ1v) is 5.82. The van der Waals surface area contributed by atoms with Crippen molar-refractivity contribution in [3.63, 3.8) is 0 Å². The molecule has 0 saturated carbocycles. The van der Waals surface area contributed by atoms with Gasteiger partial charge in [-0.2, -0.15) is 0 Å². The van der Waals surface area contributed by atoms with Gasteiger partial charge in [-0.1, -0.05) is 6.92 Å². The predicted molar refractivity (Wildman–Crippen MR) is 58.9 cm³/mol. The van der Waals surface area contributed by atoms with E-state index in [1.165, 1.54) is 0 Å². The third kappa shape index (κ3) is 4.47. The maximum atomic E-state index is 5.79. The van der Waals surface area contributed by atoms with Crippen molar-refractivity contribution in [1.29, 1.82) is 0 Å². The molecular formula is C11H23NO3. The zero-order valence-electron chi connectivity index (χ0n) is 9.67. The molecule has 1 fully saturated rings. The van der Waals surface area contributed by atoms with Crippen LogP contribution < -0.4 is 5.73 Å². The lowest BCUT2D eigenvalue weighted by Gasteiger charge is -2.35. The van der Waals surface area contributed by atoms with Gasteiger partial charge < -0.3 is 19.9 Å². The van der Waals surface area contributed by atoms with Gasteiger partial charge in [-0.25, -0.2) is 0 Å². The third-order valence-corrected chi connectivity index (χ3v) is 2.64. The van der Waals surface area contributed by atoms with Crippen LogP contribution in [0.25, 0.3) is 0 Å². The lowest BCUT2D eigenvalue weighted by molar-refractivity contribution is -0.132. The molecule has 1 saturated heterocycles. The summed E-state index contributed by atoms with van der Waals surface area (Å²) in [6, 6.07) is 0. The van der Waals surface area contributed by atoms with Crippen molar-refractivity contribution in [1.82, 2.24) is 0 Å². The Morgan fingerprint density at radius 1 is 1.33 bits per heavy atom. The van der Waals surface area contributed by atoms with E-state index in [9.17, 15) is 0 Å². The highest BCUT2D eigenvalue weighted by Gasteiger charge is 2.32. The van der Waals surface area contributed by atoms with Crippen LogP contribution in [0.3, 0.4) is 0 Å². The summed E-state index contributed by atoms with van der Waals surface area (Å²) in [5, 5.41) is 0. The first-order chi connectivity index (χ1) is 7.33. The molecule has 1 aliphatic rings. The molecule has 0 amide bonds. The summed E-state index contributed by atoms with van der Waals surface area (Å²) in [7, 11) is 0. The third-order valence-electron chi connectivity index (χ3n) is 2.64. The van der Waals surface area contributed by atoms with Gasteiger partial charge in [-0.3, -0.25) is 0 Å². The molecular weight excluding hydrogens is 194 g/mol. The van der Waals surface area contributed by atoms with E-state index in [0.717, 1.165) is 32.5 Å². The van der Waals surface area contributed by atoms with Crippen LogP contribution in [0.4, 0.5) is 0 Å². The molecule has 1 heterocycles. The fourth-order valence-corrected chi connectivity index (χ4v) is 1.72. The number of ether oxygens (including phenoxy) is 3. The van der Waals surface area contributed by atoms with E-state index in [2.05, 4.69) is 6.92 Å². The van der Waals surface area contributed by atoms with Crippen LogP contribution in [0, 0.1) is 0 Å². The van der Waals surface area contributed by atoms with Crippen molar-refractivity contribution in [3.05, 3.63) is 0 Å². The topological polar surface area (TPSA) is 53.7 Å². The normalized spacial score (nSPS) is 26.8. The summed E-state index contributed by atoms with van der Waals surface area (Å²) < 4.78 is 16.6. The second-order valence-electron chi connectivity index (χ2n) is 4.00. The molecule has 0 aromatic heterocycles. The van der Waals surface area contributed by atoms with Gasteiger partial charge in [0.25, 0.3) is 0 Å². The van der Waals surface area contributed by atoms with Crippen LogP contribution in [-0.2, 0) is 14.2 Å². The summed E-state index contributed by atoms with van der Waals surface area (Å²) >= 11 is 0. The lowest BCUT2D eigenvalue weighted by atomic mass is 9.97. The van der Waals surface area contributed by atoms with E-state index in [1.54, 1.807) is 0 Å². The molecule has 4 nitrogen and oxygen atoms in total. The van der Waals surface area contributed by atoms with Gasteiger partial charge >= 0.3 is 0 Å². The summed E-state index contributed by atoms with van der Waals surface area (Å²) in [6.45, 7) is 6.14. The van der Waals surface area contributed by atoms with Crippen molar-refractivity contribution in [3.8, 4) is 0 Å². The van der Waals surface area contributed by atoms with E-state index in [0.29, 0.717) is 26.4 Å². The first-order valence-electron chi connectivity index (χ1n) is 5.82. The second kappa shape index (κ2) is 7.17. The first kappa shape index (κ1) is 12.9. The average molecular weight is 217 g/mol. The molecule has 0 aromatic rings. The van der Waals surface area contributed by atoms with Gasteiger partial charge in [0.05, 0.1) is 19.8 Å². The van der Waals surface area contributed by atoms with Crippen LogP contribution in [0.1, 0.15) is 26.2 Å². The largest absolute Gasteiger partial charge is 0.379 e. The molecule has 0 bridgehead atoms. The van der Waals surface area contributed by atoms with Gasteiger partial charge in [0.1, 0.15) is 5.60 Å². The standard InChI is InChI=1S/C11H23NO3/c1-2-5-13-7-8-15-11(9-12)4-3-6-14-10-11/h2-10,12H2,1H3. The van der Waals surface area contributed by atoms with Crippen LogP contribution in [0.15, 0.2) is 0 Å². The smallest absolute Gasteiger partial charge is 0.104 e. The van der Waals surface area contributed by atoms with Crippen LogP contribution >= 0.6 is 0 Å². The minimum absolute atomic E-state index is 0.256. The van der Waals surface area contributed by atoms with E-state index in [-0.39, 0.29) is 5.60 Å². The zero-order valence-corrected chi connectivity index (χ0v) is 9.67. The second-order valence-corrected chi connectivity index (χ2v) is 4.00. The van der Waals surface area contributed by atoms with E-state index in [1.807, 2.05) is 0 Å². The Morgan fingerprint density at radius 2 is 2.20 bits per heavy atom. The van der Waals surface area contributed by atoms with Gasteiger partial charge in [0.15, 0.2) is 0 Å². The Kier molecular flexibility index (Phi) is 6.17. The Bertz CT molecular complexity index is 158. The minimum Gasteiger partial charge on any atom is -0.379 e.